The predicted molar refractivity (Wildman–Crippen MR) is 73.1 cm³/mol. The van der Waals surface area contributed by atoms with Crippen molar-refractivity contribution in [2.75, 3.05) is 0 Å². The zero-order valence-electron chi connectivity index (χ0n) is 11.1. The van der Waals surface area contributed by atoms with Gasteiger partial charge in [-0.15, -0.1) is 5.10 Å². The second-order valence-electron chi connectivity index (χ2n) is 4.46. The van der Waals surface area contributed by atoms with Crippen LogP contribution in [0.4, 0.5) is 0 Å². The second-order valence-corrected chi connectivity index (χ2v) is 4.46. The fourth-order valence-corrected chi connectivity index (χ4v) is 1.97. The van der Waals surface area contributed by atoms with Crippen molar-refractivity contribution in [2.45, 2.75) is 19.5 Å². The van der Waals surface area contributed by atoms with Crippen molar-refractivity contribution in [3.8, 4) is 5.69 Å². The van der Waals surface area contributed by atoms with Gasteiger partial charge in [0.15, 0.2) is 5.82 Å². The quantitative estimate of drug-likeness (QED) is 0.768. The van der Waals surface area contributed by atoms with Crippen molar-refractivity contribution in [3.63, 3.8) is 0 Å². The Bertz CT molecular complexity index is 647. The summed E-state index contributed by atoms with van der Waals surface area (Å²) < 4.78 is 7.08. The van der Waals surface area contributed by atoms with Crippen molar-refractivity contribution in [1.82, 2.24) is 25.5 Å². The van der Waals surface area contributed by atoms with Crippen molar-refractivity contribution < 1.29 is 4.42 Å². The molecule has 3 rings (SSSR count). The number of para-hydroxylation sites is 1. The molecule has 0 aliphatic carbocycles. The highest BCUT2D eigenvalue weighted by atomic mass is 16.3. The molecule has 0 saturated carbocycles. The van der Waals surface area contributed by atoms with Gasteiger partial charge in [0.1, 0.15) is 5.76 Å². The summed E-state index contributed by atoms with van der Waals surface area (Å²) in [6.07, 6.45) is 1.67. The van der Waals surface area contributed by atoms with Crippen LogP contribution in [0.2, 0.25) is 0 Å². The van der Waals surface area contributed by atoms with Gasteiger partial charge in [-0.25, -0.2) is 0 Å². The summed E-state index contributed by atoms with van der Waals surface area (Å²) in [6.45, 7) is 2.60. The van der Waals surface area contributed by atoms with Crippen LogP contribution in [0.1, 0.15) is 24.6 Å². The fourth-order valence-electron chi connectivity index (χ4n) is 1.97. The third kappa shape index (κ3) is 2.60. The van der Waals surface area contributed by atoms with Crippen LogP contribution in [0.15, 0.2) is 53.1 Å². The van der Waals surface area contributed by atoms with Gasteiger partial charge in [-0.2, -0.15) is 4.68 Å². The van der Waals surface area contributed by atoms with Crippen LogP contribution >= 0.6 is 0 Å². The normalized spacial score (nSPS) is 12.4. The maximum atomic E-state index is 5.36. The van der Waals surface area contributed by atoms with Gasteiger partial charge in [0.25, 0.3) is 0 Å². The van der Waals surface area contributed by atoms with Crippen LogP contribution in [0.25, 0.3) is 5.69 Å². The van der Waals surface area contributed by atoms with Gasteiger partial charge in [-0.1, -0.05) is 18.2 Å². The summed E-state index contributed by atoms with van der Waals surface area (Å²) >= 11 is 0. The molecular formula is C14H15N5O. The van der Waals surface area contributed by atoms with Crippen LogP contribution in [0, 0.1) is 0 Å². The third-order valence-electron chi connectivity index (χ3n) is 3.07. The first-order chi connectivity index (χ1) is 9.84. The van der Waals surface area contributed by atoms with Crippen LogP contribution in [-0.4, -0.2) is 20.2 Å². The number of hydrogen-bond donors (Lipinski definition) is 1. The number of nitrogens with one attached hydrogen (secondary N) is 1. The molecular weight excluding hydrogens is 254 g/mol. The van der Waals surface area contributed by atoms with Gasteiger partial charge < -0.3 is 9.73 Å². The van der Waals surface area contributed by atoms with E-state index in [9.17, 15) is 0 Å². The summed E-state index contributed by atoms with van der Waals surface area (Å²) in [6, 6.07) is 13.7. The maximum Gasteiger partial charge on any atom is 0.170 e. The molecule has 0 saturated heterocycles. The molecule has 0 aliphatic heterocycles. The lowest BCUT2D eigenvalue weighted by Gasteiger charge is -2.11. The molecule has 0 aliphatic rings. The number of furan rings is 1. The van der Waals surface area contributed by atoms with Crippen molar-refractivity contribution >= 4 is 0 Å². The number of aromatic nitrogens is 4. The largest absolute Gasteiger partial charge is 0.468 e. The van der Waals surface area contributed by atoms with Crippen molar-refractivity contribution in [2.24, 2.45) is 0 Å². The molecule has 0 radical (unpaired) electrons. The zero-order chi connectivity index (χ0) is 13.8. The predicted octanol–water partition coefficient (Wildman–Crippen LogP) is 2.11. The Morgan fingerprint density at radius 2 is 2.05 bits per heavy atom. The Morgan fingerprint density at radius 3 is 2.80 bits per heavy atom. The molecule has 2 heterocycles. The summed E-state index contributed by atoms with van der Waals surface area (Å²) in [5, 5.41) is 15.2. The molecule has 3 aromatic rings. The molecule has 1 unspecified atom stereocenters. The second kappa shape index (κ2) is 5.66. The Hall–Kier alpha value is -2.47. The van der Waals surface area contributed by atoms with E-state index in [1.54, 1.807) is 10.9 Å². The smallest absolute Gasteiger partial charge is 0.170 e. The highest BCUT2D eigenvalue weighted by Crippen LogP contribution is 2.13. The number of benzene rings is 1. The molecule has 1 aromatic carbocycles. The van der Waals surface area contributed by atoms with E-state index in [0.717, 1.165) is 17.3 Å². The summed E-state index contributed by atoms with van der Waals surface area (Å²) in [7, 11) is 0. The zero-order valence-corrected chi connectivity index (χ0v) is 11.1. The minimum absolute atomic E-state index is 0.103. The van der Waals surface area contributed by atoms with Crippen molar-refractivity contribution in [1.29, 1.82) is 0 Å². The first kappa shape index (κ1) is 12.6. The van der Waals surface area contributed by atoms with Gasteiger partial charge in [-0.05, 0) is 41.6 Å². The average molecular weight is 269 g/mol. The standard InChI is InChI=1S/C14H15N5O/c1-11(13-8-5-9-20-13)15-10-14-16-17-18-19(14)12-6-3-2-4-7-12/h2-9,11,15H,10H2,1H3. The van der Waals surface area contributed by atoms with Gasteiger partial charge in [0, 0.05) is 0 Å². The summed E-state index contributed by atoms with van der Waals surface area (Å²) in [5.74, 6) is 1.65. The Balaban J connectivity index is 1.72. The minimum atomic E-state index is 0.103. The molecule has 2 aromatic heterocycles. The molecule has 20 heavy (non-hydrogen) atoms. The molecule has 0 spiro atoms. The third-order valence-corrected chi connectivity index (χ3v) is 3.07. The van der Waals surface area contributed by atoms with E-state index in [2.05, 4.69) is 20.8 Å². The van der Waals surface area contributed by atoms with Crippen LogP contribution in [0.3, 0.4) is 0 Å². The highest BCUT2D eigenvalue weighted by Gasteiger charge is 2.11. The molecule has 1 N–H and O–H groups in total. The molecule has 0 bridgehead atoms. The topological polar surface area (TPSA) is 68.8 Å². The first-order valence-corrected chi connectivity index (χ1v) is 6.44. The van der Waals surface area contributed by atoms with Gasteiger partial charge in [0.2, 0.25) is 0 Å². The molecule has 6 nitrogen and oxygen atoms in total. The highest BCUT2D eigenvalue weighted by molar-refractivity contribution is 5.30. The van der Waals surface area contributed by atoms with Crippen LogP contribution < -0.4 is 5.32 Å². The molecule has 102 valence electrons. The molecule has 1 atom stereocenters. The fraction of sp³-hybridized carbons (Fsp3) is 0.214. The van der Waals surface area contributed by atoms with E-state index >= 15 is 0 Å². The van der Waals surface area contributed by atoms with Crippen LogP contribution in [0.5, 0.6) is 0 Å². The Morgan fingerprint density at radius 1 is 1.20 bits per heavy atom. The SMILES string of the molecule is CC(NCc1nnnn1-c1ccccc1)c1ccco1. The Kier molecular flexibility index (Phi) is 3.56. The van der Waals surface area contributed by atoms with Crippen molar-refractivity contribution in [3.05, 3.63) is 60.3 Å². The van der Waals surface area contributed by atoms with E-state index in [4.69, 9.17) is 4.42 Å². The van der Waals surface area contributed by atoms with Crippen LogP contribution in [-0.2, 0) is 6.54 Å². The number of hydrogen-bond acceptors (Lipinski definition) is 5. The van der Waals surface area contributed by atoms with Gasteiger partial charge >= 0.3 is 0 Å². The van der Waals surface area contributed by atoms with E-state index in [-0.39, 0.29) is 6.04 Å². The summed E-state index contributed by atoms with van der Waals surface area (Å²) in [4.78, 5) is 0. The lowest BCUT2D eigenvalue weighted by Crippen LogP contribution is -2.20. The van der Waals surface area contributed by atoms with E-state index < -0.39 is 0 Å². The summed E-state index contributed by atoms with van der Waals surface area (Å²) in [5.41, 5.74) is 0.944. The first-order valence-electron chi connectivity index (χ1n) is 6.44. The minimum Gasteiger partial charge on any atom is -0.468 e. The van der Waals surface area contributed by atoms with E-state index in [1.165, 1.54) is 0 Å². The Labute approximate surface area is 116 Å². The number of nitrogens with zero attached hydrogens (tertiary/aromatic N) is 4. The monoisotopic (exact) mass is 269 g/mol. The van der Waals surface area contributed by atoms with Gasteiger partial charge in [0.05, 0.1) is 24.5 Å². The lowest BCUT2D eigenvalue weighted by molar-refractivity contribution is 0.425. The number of tetrazole rings is 1. The van der Waals surface area contributed by atoms with Gasteiger partial charge in [-0.3, -0.25) is 0 Å². The molecule has 0 amide bonds. The average Bonchev–Trinajstić information content (AvgIpc) is 3.17. The molecule has 0 fully saturated rings. The van der Waals surface area contributed by atoms with E-state index in [0.29, 0.717) is 6.54 Å². The molecule has 6 heteroatoms. The maximum absolute atomic E-state index is 5.36. The van der Waals surface area contributed by atoms with E-state index in [1.807, 2.05) is 49.4 Å². The number of rotatable bonds is 5. The lowest BCUT2D eigenvalue weighted by atomic mass is 10.2.